The fraction of sp³-hybridized carbons (Fsp3) is 0.867. The van der Waals surface area contributed by atoms with E-state index in [9.17, 15) is 0 Å². The van der Waals surface area contributed by atoms with E-state index in [0.29, 0.717) is 16.2 Å². The molecule has 4 atom stereocenters. The summed E-state index contributed by atoms with van der Waals surface area (Å²) in [5.74, 6) is 1.70. The predicted octanol–water partition coefficient (Wildman–Crippen LogP) is 4.66. The van der Waals surface area contributed by atoms with Crippen molar-refractivity contribution in [2.75, 3.05) is 0 Å². The van der Waals surface area contributed by atoms with Crippen molar-refractivity contribution in [1.29, 1.82) is 0 Å². The molecule has 0 aromatic rings. The number of hydrogen-bond acceptors (Lipinski definition) is 0. The summed E-state index contributed by atoms with van der Waals surface area (Å²) in [7, 11) is 0. The Kier molecular flexibility index (Phi) is 2.17. The van der Waals surface area contributed by atoms with Crippen LogP contribution in [-0.4, -0.2) is 0 Å². The van der Waals surface area contributed by atoms with Crippen LogP contribution < -0.4 is 0 Å². The largest absolute Gasteiger partial charge is 0.0874 e. The predicted molar refractivity (Wildman–Crippen MR) is 66.7 cm³/mol. The van der Waals surface area contributed by atoms with Crippen LogP contribution in [-0.2, 0) is 0 Å². The molecule has 0 heteroatoms. The molecule has 0 aromatic carbocycles. The molecule has 2 aliphatic rings. The second-order valence-corrected chi connectivity index (χ2v) is 7.08. The van der Waals surface area contributed by atoms with Crippen LogP contribution in [0.2, 0.25) is 0 Å². The van der Waals surface area contributed by atoms with Gasteiger partial charge in [-0.3, -0.25) is 0 Å². The lowest BCUT2D eigenvalue weighted by atomic mass is 9.49. The third-order valence-corrected chi connectivity index (χ3v) is 6.22. The first kappa shape index (κ1) is 11.2. The van der Waals surface area contributed by atoms with Crippen molar-refractivity contribution < 1.29 is 0 Å². The van der Waals surface area contributed by atoms with Crippen LogP contribution in [0.3, 0.4) is 0 Å². The van der Waals surface area contributed by atoms with E-state index in [0.717, 1.165) is 11.8 Å². The molecule has 0 heterocycles. The molecular weight excluding hydrogens is 180 g/mol. The molecule has 86 valence electrons. The van der Waals surface area contributed by atoms with Gasteiger partial charge in [0.05, 0.1) is 0 Å². The van der Waals surface area contributed by atoms with Crippen molar-refractivity contribution in [2.24, 2.45) is 28.1 Å². The summed E-state index contributed by atoms with van der Waals surface area (Å²) < 4.78 is 0. The van der Waals surface area contributed by atoms with E-state index in [1.807, 2.05) is 0 Å². The Morgan fingerprint density at radius 2 is 1.67 bits per heavy atom. The zero-order valence-electron chi connectivity index (χ0n) is 11.2. The summed E-state index contributed by atoms with van der Waals surface area (Å²) in [5.41, 5.74) is 1.34. The second-order valence-electron chi connectivity index (χ2n) is 7.08. The maximum absolute atomic E-state index is 2.53. The van der Waals surface area contributed by atoms with Crippen molar-refractivity contribution in [2.45, 2.75) is 54.4 Å². The molecule has 0 saturated heterocycles. The second kappa shape index (κ2) is 2.90. The van der Waals surface area contributed by atoms with E-state index in [2.05, 4.69) is 53.7 Å². The van der Waals surface area contributed by atoms with Crippen LogP contribution in [0.15, 0.2) is 12.2 Å². The molecule has 0 spiro atoms. The van der Waals surface area contributed by atoms with Crippen molar-refractivity contribution in [1.82, 2.24) is 0 Å². The number of rotatable bonds is 0. The summed E-state index contributed by atoms with van der Waals surface area (Å²) in [6.07, 6.45) is 7.55. The zero-order chi connectivity index (χ0) is 11.5. The first-order chi connectivity index (χ1) is 6.75. The SMILES string of the molecule is CC1CC2(C)C=CCC(C)(C)C2(C)C1C. The van der Waals surface area contributed by atoms with Crippen molar-refractivity contribution in [3.63, 3.8) is 0 Å². The van der Waals surface area contributed by atoms with E-state index in [4.69, 9.17) is 0 Å². The molecule has 4 unspecified atom stereocenters. The van der Waals surface area contributed by atoms with Gasteiger partial charge in [-0.1, -0.05) is 53.7 Å². The van der Waals surface area contributed by atoms with Gasteiger partial charge in [0.2, 0.25) is 0 Å². The smallest absolute Gasteiger partial charge is 0.00823 e. The van der Waals surface area contributed by atoms with Crippen LogP contribution in [0.5, 0.6) is 0 Å². The Balaban J connectivity index is 2.56. The van der Waals surface area contributed by atoms with Crippen LogP contribution >= 0.6 is 0 Å². The standard InChI is InChI=1S/C15H26/c1-11-10-14(5)9-7-8-13(3,4)15(14,6)12(11)2/h7,9,11-12H,8,10H2,1-6H3. The Hall–Kier alpha value is -0.260. The number of allylic oxidation sites excluding steroid dienone is 2. The van der Waals surface area contributed by atoms with E-state index in [1.165, 1.54) is 12.8 Å². The summed E-state index contributed by atoms with van der Waals surface area (Å²) in [6.45, 7) is 14.8. The van der Waals surface area contributed by atoms with Gasteiger partial charge in [-0.2, -0.15) is 0 Å². The van der Waals surface area contributed by atoms with Crippen LogP contribution in [0.1, 0.15) is 54.4 Å². The molecular formula is C15H26. The van der Waals surface area contributed by atoms with Crippen LogP contribution in [0, 0.1) is 28.1 Å². The lowest BCUT2D eigenvalue weighted by Crippen LogP contribution is -2.49. The molecule has 0 aliphatic heterocycles. The van der Waals surface area contributed by atoms with Crippen molar-refractivity contribution in [3.8, 4) is 0 Å². The zero-order valence-corrected chi connectivity index (χ0v) is 11.2. The lowest BCUT2D eigenvalue weighted by molar-refractivity contribution is -0.0350. The Bertz CT molecular complexity index is 299. The van der Waals surface area contributed by atoms with Crippen molar-refractivity contribution in [3.05, 3.63) is 12.2 Å². The summed E-state index contributed by atoms with van der Waals surface area (Å²) >= 11 is 0. The van der Waals surface area contributed by atoms with Crippen LogP contribution in [0.4, 0.5) is 0 Å². The van der Waals surface area contributed by atoms with Crippen molar-refractivity contribution >= 4 is 0 Å². The van der Waals surface area contributed by atoms with E-state index < -0.39 is 0 Å². The van der Waals surface area contributed by atoms with Gasteiger partial charge in [0, 0.05) is 0 Å². The van der Waals surface area contributed by atoms with Gasteiger partial charge in [-0.15, -0.1) is 0 Å². The summed E-state index contributed by atoms with van der Waals surface area (Å²) in [5, 5.41) is 0. The minimum Gasteiger partial charge on any atom is -0.0874 e. The molecule has 1 saturated carbocycles. The quantitative estimate of drug-likeness (QED) is 0.506. The molecule has 0 bridgehead atoms. The van der Waals surface area contributed by atoms with Gasteiger partial charge < -0.3 is 0 Å². The molecule has 2 rings (SSSR count). The molecule has 15 heavy (non-hydrogen) atoms. The van der Waals surface area contributed by atoms with Gasteiger partial charge in [0.25, 0.3) is 0 Å². The number of hydrogen-bond donors (Lipinski definition) is 0. The minimum absolute atomic E-state index is 0.424. The minimum atomic E-state index is 0.424. The first-order valence-corrected chi connectivity index (χ1v) is 6.42. The first-order valence-electron chi connectivity index (χ1n) is 6.42. The topological polar surface area (TPSA) is 0 Å². The molecule has 0 radical (unpaired) electrons. The van der Waals surface area contributed by atoms with Crippen LogP contribution in [0.25, 0.3) is 0 Å². The monoisotopic (exact) mass is 206 g/mol. The summed E-state index contributed by atoms with van der Waals surface area (Å²) in [6, 6.07) is 0. The fourth-order valence-corrected chi connectivity index (χ4v) is 4.60. The average molecular weight is 206 g/mol. The molecule has 0 N–H and O–H groups in total. The molecule has 0 nitrogen and oxygen atoms in total. The molecule has 0 aromatic heterocycles. The Labute approximate surface area is 95.1 Å². The van der Waals surface area contributed by atoms with Gasteiger partial charge in [0.1, 0.15) is 0 Å². The number of fused-ring (bicyclic) bond motifs is 1. The maximum Gasteiger partial charge on any atom is -0.00823 e. The Morgan fingerprint density at radius 3 is 2.20 bits per heavy atom. The van der Waals surface area contributed by atoms with Gasteiger partial charge in [0.15, 0.2) is 0 Å². The lowest BCUT2D eigenvalue weighted by Gasteiger charge is -2.55. The van der Waals surface area contributed by atoms with E-state index in [1.54, 1.807) is 0 Å². The fourth-order valence-electron chi connectivity index (χ4n) is 4.60. The van der Waals surface area contributed by atoms with Gasteiger partial charge in [-0.25, -0.2) is 0 Å². The highest BCUT2D eigenvalue weighted by molar-refractivity contribution is 5.21. The molecule has 0 amide bonds. The maximum atomic E-state index is 2.53. The van der Waals surface area contributed by atoms with Gasteiger partial charge >= 0.3 is 0 Å². The van der Waals surface area contributed by atoms with Gasteiger partial charge in [-0.05, 0) is 40.9 Å². The summed E-state index contributed by atoms with van der Waals surface area (Å²) in [4.78, 5) is 0. The molecule has 1 fully saturated rings. The Morgan fingerprint density at radius 1 is 1.07 bits per heavy atom. The van der Waals surface area contributed by atoms with E-state index >= 15 is 0 Å². The highest BCUT2D eigenvalue weighted by atomic mass is 14.7. The molecule has 2 aliphatic carbocycles. The highest BCUT2D eigenvalue weighted by Gasteiger charge is 2.61. The normalized spacial score (nSPS) is 52.9. The third-order valence-electron chi connectivity index (χ3n) is 6.22. The third kappa shape index (κ3) is 1.14. The highest BCUT2D eigenvalue weighted by Crippen LogP contribution is 2.69. The van der Waals surface area contributed by atoms with E-state index in [-0.39, 0.29) is 0 Å². The average Bonchev–Trinajstić information content (AvgIpc) is 2.28.